The molecule has 12 heteroatoms. The number of anilines is 1. The first-order chi connectivity index (χ1) is 16.1. The Labute approximate surface area is 198 Å². The number of sulfone groups is 1. The number of fused-ring (bicyclic) bond motifs is 2. The second kappa shape index (κ2) is 7.96. The zero-order chi connectivity index (χ0) is 24.2. The minimum atomic E-state index is -3.51. The number of nitrogens with two attached hydrogens (primary N) is 1. The van der Waals surface area contributed by atoms with Gasteiger partial charge in [-0.3, -0.25) is 9.48 Å². The largest absolute Gasteiger partial charge is 0.365 e. The van der Waals surface area contributed by atoms with Gasteiger partial charge in [-0.2, -0.15) is 5.10 Å². The van der Waals surface area contributed by atoms with Gasteiger partial charge in [-0.25, -0.2) is 17.6 Å². The minimum absolute atomic E-state index is 0.0385. The van der Waals surface area contributed by atoms with Crippen LogP contribution in [0.3, 0.4) is 0 Å². The predicted molar refractivity (Wildman–Crippen MR) is 123 cm³/mol. The number of hydrogen-bond donors (Lipinski definition) is 2. The van der Waals surface area contributed by atoms with E-state index in [4.69, 9.17) is 17.3 Å². The van der Waals surface area contributed by atoms with Gasteiger partial charge in [-0.05, 0) is 42.0 Å². The topological polar surface area (TPSA) is 127 Å². The van der Waals surface area contributed by atoms with Crippen LogP contribution in [0, 0.1) is 5.82 Å². The molecule has 0 bridgehead atoms. The zero-order valence-electron chi connectivity index (χ0n) is 17.5. The molecular formula is C22H17ClFN5O4S. The third-order valence-corrected chi connectivity index (χ3v) is 7.46. The standard InChI is InChI=1S/C22H17ClFN5O4S/c23-15-9-13(2-4-16(15)24)20-19(21(25)30)17-11-28(6-7-29(17)27-20)22(31)26-14-3-1-12-5-8-34(32,33)18(12)10-14/h1-5,8-10H,6-7,11H2,(H2,25,30)(H,26,31). The molecular weight excluding hydrogens is 485 g/mol. The van der Waals surface area contributed by atoms with E-state index in [1.807, 2.05) is 0 Å². The van der Waals surface area contributed by atoms with Crippen molar-refractivity contribution in [1.82, 2.24) is 14.7 Å². The van der Waals surface area contributed by atoms with E-state index in [-0.39, 0.29) is 34.3 Å². The van der Waals surface area contributed by atoms with Crippen LogP contribution in [-0.2, 0) is 22.9 Å². The molecule has 3 aromatic rings. The number of rotatable bonds is 3. The maximum atomic E-state index is 13.6. The molecule has 0 saturated heterocycles. The Balaban J connectivity index is 1.42. The Kier molecular flexibility index (Phi) is 5.18. The van der Waals surface area contributed by atoms with Crippen LogP contribution in [0.5, 0.6) is 0 Å². The third-order valence-electron chi connectivity index (χ3n) is 5.70. The SMILES string of the molecule is NC(=O)c1c(-c2ccc(F)c(Cl)c2)nn2c1CN(C(=O)Nc1ccc3c(c1)S(=O)(=O)C=C3)CC2. The number of urea groups is 1. The number of benzene rings is 2. The first kappa shape index (κ1) is 22.1. The van der Waals surface area contributed by atoms with E-state index in [0.717, 1.165) is 5.41 Å². The lowest BCUT2D eigenvalue weighted by Crippen LogP contribution is -2.41. The number of amides is 3. The van der Waals surface area contributed by atoms with Crippen molar-refractivity contribution in [2.45, 2.75) is 18.0 Å². The molecule has 0 saturated carbocycles. The molecule has 0 atom stereocenters. The Bertz CT molecular complexity index is 1520. The maximum Gasteiger partial charge on any atom is 0.322 e. The molecule has 3 N–H and O–H groups in total. The Hall–Kier alpha value is -3.70. The van der Waals surface area contributed by atoms with Gasteiger partial charge < -0.3 is 16.0 Å². The Morgan fingerprint density at radius 2 is 1.94 bits per heavy atom. The summed E-state index contributed by atoms with van der Waals surface area (Å²) in [7, 11) is -3.51. The van der Waals surface area contributed by atoms with E-state index in [1.54, 1.807) is 16.8 Å². The summed E-state index contributed by atoms with van der Waals surface area (Å²) in [6.45, 7) is 0.615. The quantitative estimate of drug-likeness (QED) is 0.569. The van der Waals surface area contributed by atoms with Crippen molar-refractivity contribution in [1.29, 1.82) is 0 Å². The van der Waals surface area contributed by atoms with Gasteiger partial charge in [0, 0.05) is 23.2 Å². The Morgan fingerprint density at radius 3 is 2.68 bits per heavy atom. The van der Waals surface area contributed by atoms with Gasteiger partial charge in [-0.15, -0.1) is 0 Å². The number of nitrogens with zero attached hydrogens (tertiary/aromatic N) is 3. The molecule has 0 fully saturated rings. The zero-order valence-corrected chi connectivity index (χ0v) is 19.0. The van der Waals surface area contributed by atoms with Crippen LogP contribution in [0.25, 0.3) is 17.3 Å². The van der Waals surface area contributed by atoms with Crippen LogP contribution in [0.15, 0.2) is 46.7 Å². The minimum Gasteiger partial charge on any atom is -0.365 e. The van der Waals surface area contributed by atoms with E-state index in [2.05, 4.69) is 10.4 Å². The highest BCUT2D eigenvalue weighted by Gasteiger charge is 2.30. The number of carbonyl (C=O) groups excluding carboxylic acids is 2. The molecule has 2 aliphatic rings. The second-order valence-electron chi connectivity index (χ2n) is 7.84. The molecule has 0 unspecified atom stereocenters. The molecule has 2 aromatic carbocycles. The number of hydrogen-bond acceptors (Lipinski definition) is 5. The van der Waals surface area contributed by atoms with Gasteiger partial charge >= 0.3 is 6.03 Å². The number of halogens is 2. The summed E-state index contributed by atoms with van der Waals surface area (Å²) in [6.07, 6.45) is 1.50. The van der Waals surface area contributed by atoms with Gasteiger partial charge in [0.1, 0.15) is 11.5 Å². The van der Waals surface area contributed by atoms with Crippen LogP contribution >= 0.6 is 11.6 Å². The van der Waals surface area contributed by atoms with E-state index < -0.39 is 27.6 Å². The van der Waals surface area contributed by atoms with Gasteiger partial charge in [0.15, 0.2) is 0 Å². The van der Waals surface area contributed by atoms with E-state index in [0.29, 0.717) is 29.1 Å². The highest BCUT2D eigenvalue weighted by atomic mass is 35.5. The molecule has 3 heterocycles. The first-order valence-corrected chi connectivity index (χ1v) is 12.0. The molecule has 3 amide bonds. The summed E-state index contributed by atoms with van der Waals surface area (Å²) in [5.74, 6) is -1.34. The van der Waals surface area contributed by atoms with Crippen molar-refractivity contribution in [3.8, 4) is 11.3 Å². The number of aromatic nitrogens is 2. The first-order valence-electron chi connectivity index (χ1n) is 10.1. The van der Waals surface area contributed by atoms with Crippen molar-refractivity contribution in [2.75, 3.05) is 11.9 Å². The fourth-order valence-corrected chi connectivity index (χ4v) is 5.44. The van der Waals surface area contributed by atoms with Crippen LogP contribution in [0.1, 0.15) is 21.6 Å². The van der Waals surface area contributed by atoms with E-state index in [1.165, 1.54) is 35.2 Å². The normalized spacial score (nSPS) is 15.6. The second-order valence-corrected chi connectivity index (χ2v) is 10.0. The summed E-state index contributed by atoms with van der Waals surface area (Å²) in [5.41, 5.74) is 7.74. The summed E-state index contributed by atoms with van der Waals surface area (Å²) in [5, 5.41) is 8.15. The lowest BCUT2D eigenvalue weighted by atomic mass is 10.0. The summed E-state index contributed by atoms with van der Waals surface area (Å²) >= 11 is 5.89. The van der Waals surface area contributed by atoms with Crippen molar-refractivity contribution >= 4 is 45.1 Å². The molecule has 174 valence electrons. The monoisotopic (exact) mass is 501 g/mol. The van der Waals surface area contributed by atoms with Crippen LogP contribution in [0.4, 0.5) is 14.9 Å². The molecule has 0 aliphatic carbocycles. The summed E-state index contributed by atoms with van der Waals surface area (Å²) < 4.78 is 39.4. The Morgan fingerprint density at radius 1 is 1.15 bits per heavy atom. The van der Waals surface area contributed by atoms with Crippen LogP contribution in [-0.4, -0.2) is 41.6 Å². The molecule has 9 nitrogen and oxygen atoms in total. The smallest absolute Gasteiger partial charge is 0.322 e. The van der Waals surface area contributed by atoms with Gasteiger partial charge in [0.05, 0.1) is 34.3 Å². The summed E-state index contributed by atoms with van der Waals surface area (Å²) in [6, 6.07) is 8.14. The number of primary amides is 1. The van der Waals surface area contributed by atoms with Crippen LogP contribution < -0.4 is 11.1 Å². The molecule has 2 aliphatic heterocycles. The molecule has 34 heavy (non-hydrogen) atoms. The molecule has 1 aromatic heterocycles. The van der Waals surface area contributed by atoms with E-state index >= 15 is 0 Å². The van der Waals surface area contributed by atoms with Crippen molar-refractivity contribution in [3.05, 3.63) is 69.5 Å². The fourth-order valence-electron chi connectivity index (χ4n) is 4.03. The van der Waals surface area contributed by atoms with Gasteiger partial charge in [0.25, 0.3) is 5.91 Å². The van der Waals surface area contributed by atoms with Crippen molar-refractivity contribution in [3.63, 3.8) is 0 Å². The third kappa shape index (κ3) is 3.72. The lowest BCUT2D eigenvalue weighted by Gasteiger charge is -2.28. The van der Waals surface area contributed by atoms with E-state index in [9.17, 15) is 22.4 Å². The van der Waals surface area contributed by atoms with Crippen LogP contribution in [0.2, 0.25) is 5.02 Å². The van der Waals surface area contributed by atoms with Gasteiger partial charge in [-0.1, -0.05) is 17.7 Å². The average molecular weight is 502 g/mol. The molecule has 5 rings (SSSR count). The number of carbonyl (C=O) groups is 2. The van der Waals surface area contributed by atoms with Crippen molar-refractivity contribution < 1.29 is 22.4 Å². The average Bonchev–Trinajstić information content (AvgIpc) is 3.32. The number of nitrogens with one attached hydrogen (secondary N) is 1. The van der Waals surface area contributed by atoms with Crippen molar-refractivity contribution in [2.24, 2.45) is 5.73 Å². The van der Waals surface area contributed by atoms with Gasteiger partial charge in [0.2, 0.25) is 9.84 Å². The maximum absolute atomic E-state index is 13.6. The molecule has 0 spiro atoms. The summed E-state index contributed by atoms with van der Waals surface area (Å²) in [4.78, 5) is 26.8. The molecule has 0 radical (unpaired) electrons. The predicted octanol–water partition coefficient (Wildman–Crippen LogP) is 3.25. The highest BCUT2D eigenvalue weighted by molar-refractivity contribution is 7.94. The fraction of sp³-hybridized carbons (Fsp3) is 0.136. The highest BCUT2D eigenvalue weighted by Crippen LogP contribution is 2.32. The lowest BCUT2D eigenvalue weighted by molar-refractivity contribution is 0.0997.